The number of thiazole rings is 1. The molecule has 1 saturated heterocycles. The molecule has 0 saturated carbocycles. The fourth-order valence-corrected chi connectivity index (χ4v) is 6.85. The Morgan fingerprint density at radius 3 is 2.39 bits per heavy atom. The van der Waals surface area contributed by atoms with E-state index >= 15 is 0 Å². The van der Waals surface area contributed by atoms with Gasteiger partial charge in [-0.3, -0.25) is 9.69 Å². The first-order valence-electron chi connectivity index (χ1n) is 12.8. The van der Waals surface area contributed by atoms with Crippen molar-refractivity contribution in [2.24, 2.45) is 0 Å². The standard InChI is InChI=1S/C28H35N5O3S2/c1-4-14-33(15-5-2)38(35,36)24-10-8-23(9-11-24)27(34)29-13-16-31-17-19-32(20-18-31)28-30-25-12-7-22(6-3)21-26(25)37-28/h4-5,7-12,21H,1-2,6,13-20H2,3H3,(H,29,34). The van der Waals surface area contributed by atoms with Gasteiger partial charge in [0.15, 0.2) is 5.13 Å². The van der Waals surface area contributed by atoms with Crippen molar-refractivity contribution in [1.82, 2.24) is 19.5 Å². The Morgan fingerprint density at radius 2 is 1.76 bits per heavy atom. The second-order valence-electron chi connectivity index (χ2n) is 9.16. The van der Waals surface area contributed by atoms with Crippen LogP contribution < -0.4 is 10.2 Å². The molecule has 1 aromatic heterocycles. The minimum atomic E-state index is -3.69. The Hall–Kier alpha value is -3.05. The molecule has 4 rings (SSSR count). The molecule has 0 radical (unpaired) electrons. The van der Waals surface area contributed by atoms with Crippen LogP contribution in [0, 0.1) is 0 Å². The van der Waals surface area contributed by atoms with Crippen molar-refractivity contribution in [2.45, 2.75) is 18.2 Å². The Labute approximate surface area is 229 Å². The summed E-state index contributed by atoms with van der Waals surface area (Å²) < 4.78 is 28.2. The quantitative estimate of drug-likeness (QED) is 0.344. The topological polar surface area (TPSA) is 85.8 Å². The van der Waals surface area contributed by atoms with Gasteiger partial charge in [-0.25, -0.2) is 13.4 Å². The van der Waals surface area contributed by atoms with Gasteiger partial charge in [0.25, 0.3) is 5.91 Å². The number of hydrogen-bond donors (Lipinski definition) is 1. The van der Waals surface area contributed by atoms with Crippen molar-refractivity contribution >= 4 is 42.6 Å². The van der Waals surface area contributed by atoms with E-state index in [4.69, 9.17) is 4.98 Å². The number of piperazine rings is 1. The summed E-state index contributed by atoms with van der Waals surface area (Å²) in [6.07, 6.45) is 4.09. The SMILES string of the molecule is C=CCN(CC=C)S(=O)(=O)c1ccc(C(=O)NCCN2CCN(c3nc4ccc(CC)cc4s3)CC2)cc1. The minimum Gasteiger partial charge on any atom is -0.351 e. The summed E-state index contributed by atoms with van der Waals surface area (Å²) in [5.41, 5.74) is 2.82. The molecule has 1 amide bonds. The molecule has 1 fully saturated rings. The van der Waals surface area contributed by atoms with E-state index in [1.54, 1.807) is 23.5 Å². The van der Waals surface area contributed by atoms with Crippen LogP contribution in [0.2, 0.25) is 0 Å². The first-order chi connectivity index (χ1) is 18.3. The molecule has 10 heteroatoms. The van der Waals surface area contributed by atoms with E-state index in [9.17, 15) is 13.2 Å². The summed E-state index contributed by atoms with van der Waals surface area (Å²) >= 11 is 1.75. The van der Waals surface area contributed by atoms with Gasteiger partial charge >= 0.3 is 0 Å². The Kier molecular flexibility index (Phi) is 9.32. The van der Waals surface area contributed by atoms with E-state index in [0.29, 0.717) is 12.1 Å². The van der Waals surface area contributed by atoms with Crippen molar-refractivity contribution in [2.75, 3.05) is 57.3 Å². The normalized spacial score (nSPS) is 14.6. The number of nitrogens with one attached hydrogen (secondary N) is 1. The Balaban J connectivity index is 1.25. The molecule has 2 heterocycles. The molecular weight excluding hydrogens is 518 g/mol. The average Bonchev–Trinajstić information content (AvgIpc) is 3.36. The van der Waals surface area contributed by atoms with Crippen LogP contribution in [0.1, 0.15) is 22.8 Å². The highest BCUT2D eigenvalue weighted by molar-refractivity contribution is 7.89. The number of carbonyl (C=O) groups is 1. The van der Waals surface area contributed by atoms with Gasteiger partial charge in [0, 0.05) is 57.9 Å². The van der Waals surface area contributed by atoms with E-state index in [1.807, 2.05) is 0 Å². The van der Waals surface area contributed by atoms with Crippen LogP contribution in [0.25, 0.3) is 10.2 Å². The number of amides is 1. The number of hydrogen-bond acceptors (Lipinski definition) is 7. The zero-order valence-corrected chi connectivity index (χ0v) is 23.4. The third kappa shape index (κ3) is 6.50. The van der Waals surface area contributed by atoms with Crippen LogP contribution in [-0.2, 0) is 16.4 Å². The molecule has 0 bridgehead atoms. The first-order valence-corrected chi connectivity index (χ1v) is 15.1. The second-order valence-corrected chi connectivity index (χ2v) is 12.1. The summed E-state index contributed by atoms with van der Waals surface area (Å²) in [5, 5.41) is 4.02. The highest BCUT2D eigenvalue weighted by Gasteiger charge is 2.23. The van der Waals surface area contributed by atoms with Crippen molar-refractivity contribution in [1.29, 1.82) is 0 Å². The monoisotopic (exact) mass is 553 g/mol. The van der Waals surface area contributed by atoms with Crippen LogP contribution in [0.5, 0.6) is 0 Å². The zero-order chi connectivity index (χ0) is 27.1. The number of aryl methyl sites for hydroxylation is 1. The van der Waals surface area contributed by atoms with Crippen molar-refractivity contribution < 1.29 is 13.2 Å². The molecule has 1 aliphatic heterocycles. The van der Waals surface area contributed by atoms with Crippen molar-refractivity contribution in [3.8, 4) is 0 Å². The number of nitrogens with zero attached hydrogens (tertiary/aromatic N) is 4. The van der Waals surface area contributed by atoms with Gasteiger partial charge in [-0.15, -0.1) is 13.2 Å². The number of anilines is 1. The largest absolute Gasteiger partial charge is 0.351 e. The summed E-state index contributed by atoms with van der Waals surface area (Å²) in [5.74, 6) is -0.220. The third-order valence-electron chi connectivity index (χ3n) is 6.63. The van der Waals surface area contributed by atoms with Gasteiger partial charge in [-0.05, 0) is 48.4 Å². The maximum Gasteiger partial charge on any atom is 0.251 e. The van der Waals surface area contributed by atoms with E-state index < -0.39 is 10.0 Å². The van der Waals surface area contributed by atoms with Gasteiger partial charge in [-0.2, -0.15) is 4.31 Å². The maximum atomic E-state index is 12.8. The lowest BCUT2D eigenvalue weighted by atomic mass is 10.2. The smallest absolute Gasteiger partial charge is 0.251 e. The number of rotatable bonds is 12. The predicted octanol–water partition coefficient (Wildman–Crippen LogP) is 3.77. The molecule has 2 aromatic carbocycles. The lowest BCUT2D eigenvalue weighted by molar-refractivity contribution is 0.0947. The van der Waals surface area contributed by atoms with E-state index in [2.05, 4.69) is 53.4 Å². The van der Waals surface area contributed by atoms with Crippen LogP contribution in [0.3, 0.4) is 0 Å². The van der Waals surface area contributed by atoms with Gasteiger partial charge in [0.2, 0.25) is 10.0 Å². The minimum absolute atomic E-state index is 0.134. The number of carbonyl (C=O) groups excluding carboxylic acids is 1. The second kappa shape index (κ2) is 12.7. The summed E-state index contributed by atoms with van der Waals surface area (Å²) in [4.78, 5) is 22.3. The molecule has 202 valence electrons. The highest BCUT2D eigenvalue weighted by Crippen LogP contribution is 2.30. The lowest BCUT2D eigenvalue weighted by Gasteiger charge is -2.34. The molecule has 0 aliphatic carbocycles. The highest BCUT2D eigenvalue weighted by atomic mass is 32.2. The van der Waals surface area contributed by atoms with Crippen molar-refractivity contribution in [3.05, 3.63) is 78.9 Å². The third-order valence-corrected chi connectivity index (χ3v) is 9.55. The molecular formula is C28H35N5O3S2. The van der Waals surface area contributed by atoms with E-state index in [0.717, 1.165) is 49.8 Å². The zero-order valence-electron chi connectivity index (χ0n) is 21.8. The number of fused-ring (bicyclic) bond motifs is 1. The number of aromatic nitrogens is 1. The average molecular weight is 554 g/mol. The maximum absolute atomic E-state index is 12.8. The van der Waals surface area contributed by atoms with Crippen LogP contribution >= 0.6 is 11.3 Å². The van der Waals surface area contributed by atoms with E-state index in [-0.39, 0.29) is 23.9 Å². The van der Waals surface area contributed by atoms with Crippen LogP contribution in [0.15, 0.2) is 72.7 Å². The Bertz CT molecular complexity index is 1370. The lowest BCUT2D eigenvalue weighted by Crippen LogP contribution is -2.48. The van der Waals surface area contributed by atoms with Gasteiger partial charge < -0.3 is 10.2 Å². The molecule has 8 nitrogen and oxygen atoms in total. The van der Waals surface area contributed by atoms with Crippen molar-refractivity contribution in [3.63, 3.8) is 0 Å². The molecule has 0 unspecified atom stereocenters. The summed E-state index contributed by atoms with van der Waals surface area (Å²) in [7, 11) is -3.69. The molecule has 1 aliphatic rings. The van der Waals surface area contributed by atoms with Crippen LogP contribution in [-0.4, -0.2) is 80.9 Å². The van der Waals surface area contributed by atoms with Crippen LogP contribution in [0.4, 0.5) is 5.13 Å². The molecule has 0 spiro atoms. The fraction of sp³-hybridized carbons (Fsp3) is 0.357. The predicted molar refractivity (Wildman–Crippen MR) is 156 cm³/mol. The number of sulfonamides is 1. The van der Waals surface area contributed by atoms with Gasteiger partial charge in [-0.1, -0.05) is 36.5 Å². The van der Waals surface area contributed by atoms with E-state index in [1.165, 1.54) is 38.9 Å². The first kappa shape index (κ1) is 28.0. The fourth-order valence-electron chi connectivity index (χ4n) is 4.39. The summed E-state index contributed by atoms with van der Waals surface area (Å²) in [6, 6.07) is 12.5. The summed E-state index contributed by atoms with van der Waals surface area (Å²) in [6.45, 7) is 14.7. The molecule has 38 heavy (non-hydrogen) atoms. The molecule has 1 N–H and O–H groups in total. The molecule has 3 aromatic rings. The van der Waals surface area contributed by atoms with Gasteiger partial charge in [0.1, 0.15) is 0 Å². The molecule has 0 atom stereocenters. The Morgan fingerprint density at radius 1 is 1.08 bits per heavy atom. The number of benzene rings is 2. The van der Waals surface area contributed by atoms with Gasteiger partial charge in [0.05, 0.1) is 15.1 Å².